The number of nitrogens with one attached hydrogen (secondary N) is 1. The quantitative estimate of drug-likeness (QED) is 0.812. The van der Waals surface area contributed by atoms with Gasteiger partial charge in [0.15, 0.2) is 0 Å². The van der Waals surface area contributed by atoms with Gasteiger partial charge >= 0.3 is 0 Å². The van der Waals surface area contributed by atoms with Crippen LogP contribution in [0.3, 0.4) is 0 Å². The van der Waals surface area contributed by atoms with Gasteiger partial charge in [-0.25, -0.2) is 0 Å². The normalized spacial score (nSPS) is 13.6. The summed E-state index contributed by atoms with van der Waals surface area (Å²) in [5.41, 5.74) is 6.86. The summed E-state index contributed by atoms with van der Waals surface area (Å²) >= 11 is 8.40. The highest BCUT2D eigenvalue weighted by Crippen LogP contribution is 2.33. The number of halogens is 1. The van der Waals surface area contributed by atoms with Gasteiger partial charge in [-0.3, -0.25) is 4.79 Å². The zero-order valence-electron chi connectivity index (χ0n) is 11.5. The van der Waals surface area contributed by atoms with E-state index in [1.807, 2.05) is 12.1 Å². The highest BCUT2D eigenvalue weighted by molar-refractivity contribution is 9.10. The molecule has 0 fully saturated rings. The van der Waals surface area contributed by atoms with Crippen LogP contribution >= 0.6 is 28.1 Å². The first-order valence-corrected chi connectivity index (χ1v) is 7.55. The Labute approximate surface area is 132 Å². The first kappa shape index (κ1) is 15.3. The van der Waals surface area contributed by atoms with E-state index in [9.17, 15) is 4.79 Å². The number of benzene rings is 1. The van der Waals surface area contributed by atoms with Gasteiger partial charge in [0.05, 0.1) is 17.0 Å². The van der Waals surface area contributed by atoms with E-state index in [0.717, 1.165) is 27.8 Å². The van der Waals surface area contributed by atoms with Crippen LogP contribution in [0.25, 0.3) is 0 Å². The van der Waals surface area contributed by atoms with Crippen LogP contribution in [0, 0.1) is 5.41 Å². The van der Waals surface area contributed by atoms with Gasteiger partial charge in [0.2, 0.25) is 5.91 Å². The van der Waals surface area contributed by atoms with Crippen molar-refractivity contribution < 1.29 is 9.53 Å². The van der Waals surface area contributed by atoms with Crippen LogP contribution < -0.4 is 15.8 Å². The number of fused-ring (bicyclic) bond motifs is 1. The lowest BCUT2D eigenvalue weighted by atomic mass is 9.92. The molecule has 20 heavy (non-hydrogen) atoms. The maximum Gasteiger partial charge on any atom is 0.232 e. The van der Waals surface area contributed by atoms with Gasteiger partial charge in [0.25, 0.3) is 0 Å². The topological polar surface area (TPSA) is 64.3 Å². The van der Waals surface area contributed by atoms with E-state index >= 15 is 0 Å². The first-order chi connectivity index (χ1) is 9.32. The highest BCUT2D eigenvalue weighted by atomic mass is 79.9. The third kappa shape index (κ3) is 2.96. The van der Waals surface area contributed by atoms with E-state index in [1.165, 1.54) is 0 Å². The van der Waals surface area contributed by atoms with Gasteiger partial charge in [-0.1, -0.05) is 28.1 Å². The molecule has 4 nitrogen and oxygen atoms in total. The van der Waals surface area contributed by atoms with Gasteiger partial charge in [0, 0.05) is 23.0 Å². The fraction of sp³-hybridized carbons (Fsp3) is 0.429. The minimum absolute atomic E-state index is 0.184. The second-order valence-corrected chi connectivity index (χ2v) is 6.68. The lowest BCUT2D eigenvalue weighted by Gasteiger charge is -2.22. The fourth-order valence-corrected chi connectivity index (χ4v) is 2.63. The number of thiocarbonyl (C=S) groups is 1. The molecule has 1 aliphatic heterocycles. The minimum atomic E-state index is -0.856. The Morgan fingerprint density at radius 3 is 2.90 bits per heavy atom. The van der Waals surface area contributed by atoms with E-state index in [2.05, 4.69) is 21.2 Å². The van der Waals surface area contributed by atoms with Crippen molar-refractivity contribution in [1.29, 1.82) is 0 Å². The molecule has 0 saturated carbocycles. The maximum absolute atomic E-state index is 12.1. The van der Waals surface area contributed by atoms with Crippen LogP contribution in [0.1, 0.15) is 25.0 Å². The summed E-state index contributed by atoms with van der Waals surface area (Å²) < 4.78 is 6.61. The van der Waals surface area contributed by atoms with E-state index in [-0.39, 0.29) is 10.9 Å². The molecule has 1 heterocycles. The number of carbonyl (C=O) groups excluding carboxylic acids is 1. The smallest absolute Gasteiger partial charge is 0.232 e. The van der Waals surface area contributed by atoms with Crippen molar-refractivity contribution in [3.63, 3.8) is 0 Å². The number of amides is 1. The van der Waals surface area contributed by atoms with Gasteiger partial charge in [-0.2, -0.15) is 0 Å². The van der Waals surface area contributed by atoms with E-state index in [1.54, 1.807) is 13.8 Å². The monoisotopic (exact) mass is 356 g/mol. The fourth-order valence-electron chi connectivity index (χ4n) is 1.99. The molecular weight excluding hydrogens is 340 g/mol. The third-order valence-corrected chi connectivity index (χ3v) is 4.42. The molecule has 1 aromatic rings. The summed E-state index contributed by atoms with van der Waals surface area (Å²) in [4.78, 5) is 12.3. The lowest BCUT2D eigenvalue weighted by molar-refractivity contribution is -0.126. The largest absolute Gasteiger partial charge is 0.493 e. The van der Waals surface area contributed by atoms with Crippen molar-refractivity contribution in [2.24, 2.45) is 11.1 Å². The Hall–Kier alpha value is -1.14. The number of hydrogen-bond donors (Lipinski definition) is 2. The lowest BCUT2D eigenvalue weighted by Crippen LogP contribution is -2.44. The van der Waals surface area contributed by atoms with Crippen LogP contribution in [0.4, 0.5) is 0 Å². The number of ether oxygens (including phenoxy) is 1. The van der Waals surface area contributed by atoms with Gasteiger partial charge in [-0.15, -0.1) is 0 Å². The average Bonchev–Trinajstić information content (AvgIpc) is 2.82. The predicted molar refractivity (Wildman–Crippen MR) is 85.8 cm³/mol. The maximum atomic E-state index is 12.1. The summed E-state index contributed by atoms with van der Waals surface area (Å²) in [6.45, 7) is 4.51. The van der Waals surface area contributed by atoms with Crippen molar-refractivity contribution in [3.05, 3.63) is 27.7 Å². The van der Waals surface area contributed by atoms with Gasteiger partial charge < -0.3 is 15.8 Å². The van der Waals surface area contributed by atoms with Gasteiger partial charge in [0.1, 0.15) is 5.75 Å². The van der Waals surface area contributed by atoms with Crippen LogP contribution in [-0.4, -0.2) is 17.5 Å². The summed E-state index contributed by atoms with van der Waals surface area (Å²) in [6, 6.07) is 4.00. The molecule has 108 valence electrons. The Bertz CT molecular complexity index is 573. The minimum Gasteiger partial charge on any atom is -0.493 e. The number of nitrogens with two attached hydrogens (primary N) is 1. The Balaban J connectivity index is 2.13. The van der Waals surface area contributed by atoms with Crippen molar-refractivity contribution in [2.75, 3.05) is 6.61 Å². The Kier molecular flexibility index (Phi) is 4.34. The second-order valence-electron chi connectivity index (χ2n) is 5.32. The number of carbonyl (C=O) groups is 1. The summed E-state index contributed by atoms with van der Waals surface area (Å²) in [5.74, 6) is 0.693. The Morgan fingerprint density at radius 2 is 2.25 bits per heavy atom. The third-order valence-electron chi connectivity index (χ3n) is 3.45. The van der Waals surface area contributed by atoms with Crippen LogP contribution in [0.2, 0.25) is 0 Å². The SMILES string of the molecule is CC(C)(C(=O)NCc1cc(Br)cc2c1OCC2)C(N)=S. The van der Waals surface area contributed by atoms with Crippen LogP contribution in [0.15, 0.2) is 16.6 Å². The number of hydrogen-bond acceptors (Lipinski definition) is 3. The molecule has 0 bridgehead atoms. The highest BCUT2D eigenvalue weighted by Gasteiger charge is 2.31. The second kappa shape index (κ2) is 5.69. The molecule has 0 spiro atoms. The zero-order chi connectivity index (χ0) is 14.9. The molecule has 0 aliphatic carbocycles. The summed E-state index contributed by atoms with van der Waals surface area (Å²) in [5, 5.41) is 2.87. The molecule has 0 unspecified atom stereocenters. The first-order valence-electron chi connectivity index (χ1n) is 6.34. The molecule has 3 N–H and O–H groups in total. The summed E-state index contributed by atoms with van der Waals surface area (Å²) in [6.07, 6.45) is 0.897. The molecule has 0 aromatic heterocycles. The summed E-state index contributed by atoms with van der Waals surface area (Å²) in [7, 11) is 0. The molecule has 1 amide bonds. The Morgan fingerprint density at radius 1 is 1.55 bits per heavy atom. The van der Waals surface area contributed by atoms with Gasteiger partial charge in [-0.05, 0) is 31.5 Å². The molecule has 1 aliphatic rings. The number of rotatable bonds is 4. The van der Waals surface area contributed by atoms with E-state index in [4.69, 9.17) is 22.7 Å². The zero-order valence-corrected chi connectivity index (χ0v) is 13.9. The van der Waals surface area contributed by atoms with Crippen molar-refractivity contribution >= 4 is 39.0 Å². The van der Waals surface area contributed by atoms with Crippen molar-refractivity contribution in [1.82, 2.24) is 5.32 Å². The average molecular weight is 357 g/mol. The van der Waals surface area contributed by atoms with Crippen molar-refractivity contribution in [3.8, 4) is 5.75 Å². The van der Waals surface area contributed by atoms with E-state index < -0.39 is 5.41 Å². The molecule has 0 saturated heterocycles. The molecule has 0 atom stereocenters. The molecule has 6 heteroatoms. The molecule has 1 aromatic carbocycles. The molecular formula is C14H17BrN2O2S. The van der Waals surface area contributed by atoms with Crippen LogP contribution in [0.5, 0.6) is 5.75 Å². The molecule has 0 radical (unpaired) electrons. The van der Waals surface area contributed by atoms with Crippen molar-refractivity contribution in [2.45, 2.75) is 26.8 Å². The molecule has 2 rings (SSSR count). The van der Waals surface area contributed by atoms with Crippen LogP contribution in [-0.2, 0) is 17.8 Å². The van der Waals surface area contributed by atoms with E-state index in [0.29, 0.717) is 13.2 Å². The standard InChI is InChI=1S/C14H17BrN2O2S/c1-14(2,12(16)20)13(18)17-7-9-6-10(15)5-8-3-4-19-11(8)9/h5-6H,3-4,7H2,1-2H3,(H2,16,20)(H,17,18). The predicted octanol–water partition coefficient (Wildman–Crippen LogP) is 2.31.